The number of rotatable bonds is 3. The molecule has 2 aliphatic heterocycles. The number of nitrogens with one attached hydrogen (secondary N) is 2. The Balaban J connectivity index is 1.55. The molecule has 0 saturated carbocycles. The zero-order valence-corrected chi connectivity index (χ0v) is 17.8. The van der Waals surface area contributed by atoms with E-state index in [2.05, 4.69) is 15.8 Å². The number of piperidine rings is 1. The summed E-state index contributed by atoms with van der Waals surface area (Å²) in [4.78, 5) is 27.2. The molecule has 1 unspecified atom stereocenters. The summed E-state index contributed by atoms with van der Waals surface area (Å²) in [6.07, 6.45) is 1.15. The fraction of sp³-hybridized carbons (Fsp3) is 0.476. The molecule has 2 aromatic rings. The Bertz CT molecular complexity index is 978. The molecule has 1 aromatic carbocycles. The van der Waals surface area contributed by atoms with Crippen LogP contribution in [0.25, 0.3) is 11.3 Å². The molecule has 2 fully saturated rings. The number of hydrogen-bond acceptors (Lipinski definition) is 5. The Morgan fingerprint density at radius 1 is 1.37 bits per heavy atom. The Labute approximate surface area is 178 Å². The van der Waals surface area contributed by atoms with Crippen LogP contribution in [0.15, 0.2) is 22.7 Å². The number of benzene rings is 1. The summed E-state index contributed by atoms with van der Waals surface area (Å²) >= 11 is 6.18. The number of nitrogens with zero attached hydrogens (tertiary/aromatic N) is 2. The normalized spacial score (nSPS) is 20.8. The number of aromatic nitrogens is 1. The summed E-state index contributed by atoms with van der Waals surface area (Å²) in [5.74, 6) is -0.377. The molecule has 3 heterocycles. The number of amides is 2. The van der Waals surface area contributed by atoms with Gasteiger partial charge in [0.05, 0.1) is 22.3 Å². The van der Waals surface area contributed by atoms with Crippen LogP contribution in [0.5, 0.6) is 0 Å². The summed E-state index contributed by atoms with van der Waals surface area (Å²) in [5, 5.41) is 10.6. The summed E-state index contributed by atoms with van der Waals surface area (Å²) in [5.41, 5.74) is -0.128. The lowest BCUT2D eigenvalue weighted by molar-refractivity contribution is -0.121. The van der Waals surface area contributed by atoms with Crippen LogP contribution in [0, 0.1) is 18.7 Å². The van der Waals surface area contributed by atoms with E-state index >= 15 is 0 Å². The number of aryl methyl sites for hydroxylation is 1. The second-order valence-electron chi connectivity index (χ2n) is 8.29. The minimum atomic E-state index is -0.569. The van der Waals surface area contributed by atoms with Crippen molar-refractivity contribution in [3.63, 3.8) is 0 Å². The zero-order chi connectivity index (χ0) is 21.6. The molecular formula is C21H24ClFN4O3. The summed E-state index contributed by atoms with van der Waals surface area (Å²) in [7, 11) is 0. The number of halogens is 2. The van der Waals surface area contributed by atoms with Gasteiger partial charge in [-0.25, -0.2) is 4.39 Å². The molecule has 1 spiro atoms. The summed E-state index contributed by atoms with van der Waals surface area (Å²) < 4.78 is 19.7. The van der Waals surface area contributed by atoms with Crippen molar-refractivity contribution in [3.8, 4) is 11.3 Å². The smallest absolute Gasteiger partial charge is 0.259 e. The average Bonchev–Trinajstić information content (AvgIpc) is 3.22. The van der Waals surface area contributed by atoms with Crippen LogP contribution in [0.3, 0.4) is 0 Å². The van der Waals surface area contributed by atoms with Gasteiger partial charge in [0.15, 0.2) is 0 Å². The maximum atomic E-state index is 14.4. The summed E-state index contributed by atoms with van der Waals surface area (Å²) in [6.45, 7) is 6.49. The minimum Gasteiger partial charge on any atom is -0.360 e. The van der Waals surface area contributed by atoms with Crippen molar-refractivity contribution in [3.05, 3.63) is 40.4 Å². The van der Waals surface area contributed by atoms with E-state index in [4.69, 9.17) is 16.1 Å². The van der Waals surface area contributed by atoms with Crippen LogP contribution in [0.4, 0.5) is 4.39 Å². The fourth-order valence-electron chi connectivity index (χ4n) is 4.22. The number of likely N-dealkylation sites (tertiary alicyclic amines) is 1. The van der Waals surface area contributed by atoms with Crippen molar-refractivity contribution in [1.29, 1.82) is 0 Å². The maximum Gasteiger partial charge on any atom is 0.259 e. The van der Waals surface area contributed by atoms with E-state index in [9.17, 15) is 14.0 Å². The molecular weight excluding hydrogens is 411 g/mol. The van der Waals surface area contributed by atoms with E-state index in [0.717, 1.165) is 0 Å². The lowest BCUT2D eigenvalue weighted by Gasteiger charge is -2.39. The SMILES string of the molecule is Cc1onc(-c2c(F)cccc2Cl)c1C(=O)N1CCC2(CC1)NC(=O)C(C(C)C)N2. The number of carbonyl (C=O) groups excluding carboxylic acids is 2. The molecule has 2 N–H and O–H groups in total. The number of hydrogen-bond donors (Lipinski definition) is 2. The second kappa shape index (κ2) is 7.67. The molecule has 9 heteroatoms. The second-order valence-corrected chi connectivity index (χ2v) is 8.70. The molecule has 30 heavy (non-hydrogen) atoms. The van der Waals surface area contributed by atoms with Crippen LogP contribution < -0.4 is 10.6 Å². The van der Waals surface area contributed by atoms with E-state index in [1.54, 1.807) is 17.9 Å². The molecule has 0 radical (unpaired) electrons. The Morgan fingerprint density at radius 2 is 2.07 bits per heavy atom. The van der Waals surface area contributed by atoms with Crippen molar-refractivity contribution < 1.29 is 18.5 Å². The van der Waals surface area contributed by atoms with E-state index in [1.165, 1.54) is 12.1 Å². The highest BCUT2D eigenvalue weighted by atomic mass is 35.5. The van der Waals surface area contributed by atoms with Gasteiger partial charge < -0.3 is 14.7 Å². The monoisotopic (exact) mass is 434 g/mol. The molecule has 2 saturated heterocycles. The highest BCUT2D eigenvalue weighted by Crippen LogP contribution is 2.35. The molecule has 1 aromatic heterocycles. The Hall–Kier alpha value is -2.45. The Morgan fingerprint density at radius 3 is 2.67 bits per heavy atom. The van der Waals surface area contributed by atoms with Crippen LogP contribution in [-0.4, -0.2) is 46.7 Å². The molecule has 4 rings (SSSR count). The first kappa shape index (κ1) is 20.8. The van der Waals surface area contributed by atoms with Gasteiger partial charge >= 0.3 is 0 Å². The van der Waals surface area contributed by atoms with Crippen molar-refractivity contribution in [2.45, 2.75) is 45.3 Å². The van der Waals surface area contributed by atoms with Gasteiger partial charge in [0.25, 0.3) is 5.91 Å². The molecule has 0 aliphatic carbocycles. The van der Waals surface area contributed by atoms with Gasteiger partial charge in [-0.3, -0.25) is 14.9 Å². The first-order chi connectivity index (χ1) is 14.2. The quantitative estimate of drug-likeness (QED) is 0.775. The lowest BCUT2D eigenvalue weighted by Crippen LogP contribution is -2.58. The number of carbonyl (C=O) groups is 2. The first-order valence-electron chi connectivity index (χ1n) is 10.0. The zero-order valence-electron chi connectivity index (χ0n) is 17.1. The van der Waals surface area contributed by atoms with E-state index in [0.29, 0.717) is 31.7 Å². The van der Waals surface area contributed by atoms with Crippen LogP contribution >= 0.6 is 11.6 Å². The Kier molecular flexibility index (Phi) is 5.32. The van der Waals surface area contributed by atoms with Gasteiger partial charge in [-0.05, 0) is 25.0 Å². The van der Waals surface area contributed by atoms with Crippen molar-refractivity contribution in [2.24, 2.45) is 5.92 Å². The molecule has 2 amide bonds. The van der Waals surface area contributed by atoms with E-state index in [1.807, 2.05) is 13.8 Å². The van der Waals surface area contributed by atoms with Crippen molar-refractivity contribution >= 4 is 23.4 Å². The molecule has 2 aliphatic rings. The molecule has 160 valence electrons. The van der Waals surface area contributed by atoms with E-state index in [-0.39, 0.29) is 45.6 Å². The van der Waals surface area contributed by atoms with Crippen LogP contribution in [0.2, 0.25) is 5.02 Å². The molecule has 0 bridgehead atoms. The van der Waals surface area contributed by atoms with Gasteiger partial charge in [0.1, 0.15) is 22.8 Å². The van der Waals surface area contributed by atoms with Crippen molar-refractivity contribution in [2.75, 3.05) is 13.1 Å². The highest BCUT2D eigenvalue weighted by Gasteiger charge is 2.47. The van der Waals surface area contributed by atoms with Gasteiger partial charge in [0.2, 0.25) is 5.91 Å². The van der Waals surface area contributed by atoms with Crippen molar-refractivity contribution in [1.82, 2.24) is 20.7 Å². The van der Waals surface area contributed by atoms with E-state index < -0.39 is 11.5 Å². The highest BCUT2D eigenvalue weighted by molar-refractivity contribution is 6.33. The predicted octanol–water partition coefficient (Wildman–Crippen LogP) is 3.12. The third-order valence-corrected chi connectivity index (χ3v) is 6.24. The lowest BCUT2D eigenvalue weighted by atomic mass is 9.95. The van der Waals surface area contributed by atoms with Gasteiger partial charge in [-0.1, -0.05) is 36.7 Å². The first-order valence-corrected chi connectivity index (χ1v) is 10.4. The predicted molar refractivity (Wildman–Crippen MR) is 109 cm³/mol. The summed E-state index contributed by atoms with van der Waals surface area (Å²) in [6, 6.07) is 4.07. The largest absolute Gasteiger partial charge is 0.360 e. The standard InChI is InChI=1S/C21H24ClFN4O3/c1-11(2)17-19(28)25-21(24-17)7-9-27(10-8-21)20(29)15-12(3)30-26-18(15)16-13(22)5-4-6-14(16)23/h4-6,11,17,24H,7-10H2,1-3H3,(H,25,28). The maximum absolute atomic E-state index is 14.4. The van der Waals surface area contributed by atoms with Crippen LogP contribution in [0.1, 0.15) is 42.8 Å². The third-order valence-electron chi connectivity index (χ3n) is 5.92. The van der Waals surface area contributed by atoms with Gasteiger partial charge in [-0.2, -0.15) is 0 Å². The third kappa shape index (κ3) is 3.48. The van der Waals surface area contributed by atoms with Gasteiger partial charge in [-0.15, -0.1) is 0 Å². The average molecular weight is 435 g/mol. The van der Waals surface area contributed by atoms with Gasteiger partial charge in [0, 0.05) is 25.9 Å². The fourth-order valence-corrected chi connectivity index (χ4v) is 4.47. The molecule has 1 atom stereocenters. The van der Waals surface area contributed by atoms with Crippen LogP contribution in [-0.2, 0) is 4.79 Å². The molecule has 7 nitrogen and oxygen atoms in total. The topological polar surface area (TPSA) is 87.5 Å². The minimum absolute atomic E-state index is 0.00358.